The third-order valence-corrected chi connectivity index (χ3v) is 4.62. The van der Waals surface area contributed by atoms with E-state index in [0.29, 0.717) is 19.2 Å². The molecular formula is C19H31N3O2. The van der Waals surface area contributed by atoms with Crippen LogP contribution in [0, 0.1) is 13.8 Å². The van der Waals surface area contributed by atoms with Gasteiger partial charge in [0.25, 0.3) is 0 Å². The second-order valence-corrected chi connectivity index (χ2v) is 6.90. The summed E-state index contributed by atoms with van der Waals surface area (Å²) in [6, 6.07) is 6.59. The lowest BCUT2D eigenvalue weighted by molar-refractivity contribution is -0.123. The lowest BCUT2D eigenvalue weighted by Gasteiger charge is -2.31. The van der Waals surface area contributed by atoms with E-state index in [0.717, 1.165) is 42.8 Å². The van der Waals surface area contributed by atoms with Crippen LogP contribution in [-0.2, 0) is 4.79 Å². The van der Waals surface area contributed by atoms with Crippen molar-refractivity contribution >= 4 is 5.91 Å². The zero-order valence-corrected chi connectivity index (χ0v) is 15.4. The Bertz CT molecular complexity index is 521. The molecule has 0 aromatic heterocycles. The molecule has 1 fully saturated rings. The Hall–Kier alpha value is -1.59. The van der Waals surface area contributed by atoms with Crippen molar-refractivity contribution in [2.75, 3.05) is 33.3 Å². The van der Waals surface area contributed by atoms with E-state index in [-0.39, 0.29) is 11.9 Å². The van der Waals surface area contributed by atoms with Crippen molar-refractivity contribution < 1.29 is 9.53 Å². The van der Waals surface area contributed by atoms with E-state index in [1.807, 2.05) is 46.0 Å². The Morgan fingerprint density at radius 2 is 1.96 bits per heavy atom. The number of para-hydroxylation sites is 1. The summed E-state index contributed by atoms with van der Waals surface area (Å²) in [7, 11) is 2.04. The number of hydrogen-bond acceptors (Lipinski definition) is 4. The standard InChI is InChI=1S/C19H31N3O2/c1-14-6-5-7-15(2)19(14)24-13-16(3)21-18(23)12-22(4)17-8-10-20-11-9-17/h5-7,16-17,20H,8-13H2,1-4H3,(H,21,23)/t16-/m0/s1. The summed E-state index contributed by atoms with van der Waals surface area (Å²) in [5.74, 6) is 0.985. The number of likely N-dealkylation sites (N-methyl/N-ethyl adjacent to an activating group) is 1. The van der Waals surface area contributed by atoms with Gasteiger partial charge in [-0.25, -0.2) is 0 Å². The van der Waals surface area contributed by atoms with E-state index in [4.69, 9.17) is 4.74 Å². The van der Waals surface area contributed by atoms with Crippen molar-refractivity contribution in [2.45, 2.75) is 45.7 Å². The topological polar surface area (TPSA) is 53.6 Å². The van der Waals surface area contributed by atoms with Crippen molar-refractivity contribution in [3.8, 4) is 5.75 Å². The van der Waals surface area contributed by atoms with Crippen LogP contribution in [0.3, 0.4) is 0 Å². The first-order valence-electron chi connectivity index (χ1n) is 8.86. The fraction of sp³-hybridized carbons (Fsp3) is 0.632. The molecule has 1 aliphatic rings. The van der Waals surface area contributed by atoms with Gasteiger partial charge in [0.15, 0.2) is 0 Å². The van der Waals surface area contributed by atoms with Crippen molar-refractivity contribution in [2.24, 2.45) is 0 Å². The Labute approximate surface area is 145 Å². The van der Waals surface area contributed by atoms with Crippen LogP contribution in [0.15, 0.2) is 18.2 Å². The molecule has 24 heavy (non-hydrogen) atoms. The molecule has 1 aliphatic heterocycles. The molecule has 1 heterocycles. The quantitative estimate of drug-likeness (QED) is 0.800. The molecule has 1 amide bonds. The first-order chi connectivity index (χ1) is 11.5. The van der Waals surface area contributed by atoms with Gasteiger partial charge in [-0.2, -0.15) is 0 Å². The van der Waals surface area contributed by atoms with Crippen LogP contribution < -0.4 is 15.4 Å². The van der Waals surface area contributed by atoms with Crippen LogP contribution >= 0.6 is 0 Å². The second kappa shape index (κ2) is 9.04. The Balaban J connectivity index is 1.75. The number of piperidine rings is 1. The van der Waals surface area contributed by atoms with E-state index in [2.05, 4.69) is 15.5 Å². The van der Waals surface area contributed by atoms with Crippen LogP contribution in [0.4, 0.5) is 0 Å². The maximum absolute atomic E-state index is 12.2. The third kappa shape index (κ3) is 5.49. The molecule has 0 unspecified atom stereocenters. The number of amides is 1. The highest BCUT2D eigenvalue weighted by Gasteiger charge is 2.20. The summed E-state index contributed by atoms with van der Waals surface area (Å²) >= 11 is 0. The molecule has 0 aliphatic carbocycles. The van der Waals surface area contributed by atoms with Gasteiger partial charge in [0, 0.05) is 6.04 Å². The van der Waals surface area contributed by atoms with Crippen molar-refractivity contribution in [1.82, 2.24) is 15.5 Å². The van der Waals surface area contributed by atoms with Crippen LogP contribution in [0.2, 0.25) is 0 Å². The van der Waals surface area contributed by atoms with Gasteiger partial charge in [-0.15, -0.1) is 0 Å². The number of nitrogens with zero attached hydrogens (tertiary/aromatic N) is 1. The highest BCUT2D eigenvalue weighted by molar-refractivity contribution is 5.78. The molecular weight excluding hydrogens is 302 g/mol. The van der Waals surface area contributed by atoms with E-state index in [1.165, 1.54) is 0 Å². The minimum Gasteiger partial charge on any atom is -0.491 e. The summed E-state index contributed by atoms with van der Waals surface area (Å²) in [5, 5.41) is 6.39. The number of nitrogens with one attached hydrogen (secondary N) is 2. The molecule has 0 radical (unpaired) electrons. The first-order valence-corrected chi connectivity index (χ1v) is 8.86. The lowest BCUT2D eigenvalue weighted by atomic mass is 10.1. The molecule has 134 valence electrons. The van der Waals surface area contributed by atoms with Gasteiger partial charge in [0.05, 0.1) is 12.6 Å². The van der Waals surface area contributed by atoms with Gasteiger partial charge in [-0.3, -0.25) is 9.69 Å². The molecule has 0 saturated carbocycles. The van der Waals surface area contributed by atoms with E-state index >= 15 is 0 Å². The van der Waals surface area contributed by atoms with Crippen LogP contribution in [0.25, 0.3) is 0 Å². The number of carbonyl (C=O) groups excluding carboxylic acids is 1. The number of hydrogen-bond donors (Lipinski definition) is 2. The predicted octanol–water partition coefficient (Wildman–Crippen LogP) is 1.87. The van der Waals surface area contributed by atoms with Gasteiger partial charge in [0.1, 0.15) is 12.4 Å². The zero-order valence-electron chi connectivity index (χ0n) is 15.4. The number of carbonyl (C=O) groups is 1. The monoisotopic (exact) mass is 333 g/mol. The lowest BCUT2D eigenvalue weighted by Crippen LogP contribution is -2.47. The summed E-state index contributed by atoms with van der Waals surface area (Å²) in [5.41, 5.74) is 2.25. The Kier molecular flexibility index (Phi) is 7.06. The first kappa shape index (κ1) is 18.7. The average Bonchev–Trinajstić information content (AvgIpc) is 2.55. The summed E-state index contributed by atoms with van der Waals surface area (Å²) < 4.78 is 5.91. The van der Waals surface area contributed by atoms with E-state index in [1.54, 1.807) is 0 Å². The number of benzene rings is 1. The summed E-state index contributed by atoms with van der Waals surface area (Å²) in [6.45, 7) is 9.06. The van der Waals surface area contributed by atoms with Crippen LogP contribution in [-0.4, -0.2) is 56.2 Å². The van der Waals surface area contributed by atoms with Gasteiger partial charge in [-0.1, -0.05) is 18.2 Å². The molecule has 1 aromatic rings. The van der Waals surface area contributed by atoms with Crippen LogP contribution in [0.5, 0.6) is 5.75 Å². The van der Waals surface area contributed by atoms with Crippen LogP contribution in [0.1, 0.15) is 30.9 Å². The fourth-order valence-electron chi connectivity index (χ4n) is 3.20. The molecule has 5 nitrogen and oxygen atoms in total. The third-order valence-electron chi connectivity index (χ3n) is 4.62. The molecule has 0 spiro atoms. The fourth-order valence-corrected chi connectivity index (χ4v) is 3.20. The van der Waals surface area contributed by atoms with Gasteiger partial charge in [-0.05, 0) is 64.9 Å². The van der Waals surface area contributed by atoms with Gasteiger partial charge < -0.3 is 15.4 Å². The van der Waals surface area contributed by atoms with E-state index < -0.39 is 0 Å². The maximum atomic E-state index is 12.2. The predicted molar refractivity (Wildman–Crippen MR) is 97.5 cm³/mol. The molecule has 5 heteroatoms. The minimum atomic E-state index is -0.0158. The van der Waals surface area contributed by atoms with Crippen molar-refractivity contribution in [1.29, 1.82) is 0 Å². The maximum Gasteiger partial charge on any atom is 0.234 e. The highest BCUT2D eigenvalue weighted by Crippen LogP contribution is 2.22. The zero-order chi connectivity index (χ0) is 17.5. The normalized spacial score (nSPS) is 16.9. The summed E-state index contributed by atoms with van der Waals surface area (Å²) in [4.78, 5) is 14.4. The second-order valence-electron chi connectivity index (χ2n) is 6.90. The number of rotatable bonds is 7. The number of aryl methyl sites for hydroxylation is 2. The molecule has 1 atom stereocenters. The molecule has 0 bridgehead atoms. The number of ether oxygens (including phenoxy) is 1. The largest absolute Gasteiger partial charge is 0.491 e. The van der Waals surface area contributed by atoms with Crippen molar-refractivity contribution in [3.05, 3.63) is 29.3 Å². The van der Waals surface area contributed by atoms with Gasteiger partial charge >= 0.3 is 0 Å². The molecule has 1 aromatic carbocycles. The Morgan fingerprint density at radius 1 is 1.33 bits per heavy atom. The summed E-state index contributed by atoms with van der Waals surface area (Å²) in [6.07, 6.45) is 2.21. The Morgan fingerprint density at radius 3 is 2.58 bits per heavy atom. The minimum absolute atomic E-state index is 0.0158. The molecule has 2 rings (SSSR count). The molecule has 1 saturated heterocycles. The highest BCUT2D eigenvalue weighted by atomic mass is 16.5. The molecule has 2 N–H and O–H groups in total. The average molecular weight is 333 g/mol. The van der Waals surface area contributed by atoms with Crippen molar-refractivity contribution in [3.63, 3.8) is 0 Å². The van der Waals surface area contributed by atoms with Gasteiger partial charge in [0.2, 0.25) is 5.91 Å². The smallest absolute Gasteiger partial charge is 0.234 e. The SMILES string of the molecule is Cc1cccc(C)c1OC[C@H](C)NC(=O)CN(C)C1CCNCC1. The van der Waals surface area contributed by atoms with E-state index in [9.17, 15) is 4.79 Å².